The predicted molar refractivity (Wildman–Crippen MR) is 44.2 cm³/mol. The maximum Gasteiger partial charge on any atom is 0.0702 e. The molecule has 0 radical (unpaired) electrons. The van der Waals surface area contributed by atoms with Crippen LogP contribution in [0.2, 0.25) is 0 Å². The number of hydrogen-bond acceptors (Lipinski definition) is 2. The molecule has 0 aromatic rings. The van der Waals surface area contributed by atoms with Crippen LogP contribution in [0.5, 0.6) is 0 Å². The Bertz CT molecular complexity index is 147. The number of nitrogens with zero attached hydrogens (tertiary/aromatic N) is 1. The van der Waals surface area contributed by atoms with Gasteiger partial charge in [-0.1, -0.05) is 0 Å². The van der Waals surface area contributed by atoms with Crippen LogP contribution in [0.1, 0.15) is 27.7 Å². The lowest BCUT2D eigenvalue weighted by molar-refractivity contribution is 0.426. The number of thioether (sulfide) groups is 1. The summed E-state index contributed by atoms with van der Waals surface area (Å²) < 4.78 is 0.285. The monoisotopic (exact) mass is 143 g/mol. The zero-order valence-electron chi connectivity index (χ0n) is 6.43. The van der Waals surface area contributed by atoms with Gasteiger partial charge in [-0.2, -0.15) is 0 Å². The molecule has 0 bridgehead atoms. The van der Waals surface area contributed by atoms with E-state index in [1.807, 2.05) is 17.3 Å². The van der Waals surface area contributed by atoms with Crippen LogP contribution in [0, 0.1) is 0 Å². The summed E-state index contributed by atoms with van der Waals surface area (Å²) in [5.41, 5.74) is 2.08. The van der Waals surface area contributed by atoms with Gasteiger partial charge < -0.3 is 0 Å². The summed E-state index contributed by atoms with van der Waals surface area (Å²) in [6, 6.07) is 0. The lowest BCUT2D eigenvalue weighted by atomic mass is 9.91. The van der Waals surface area contributed by atoms with E-state index < -0.39 is 0 Å². The van der Waals surface area contributed by atoms with Gasteiger partial charge in [-0.15, -0.1) is 11.8 Å². The van der Waals surface area contributed by atoms with Gasteiger partial charge in [0.2, 0.25) is 0 Å². The molecule has 2 heteroatoms. The Hall–Kier alpha value is 0.0200. The molecule has 52 valence electrons. The van der Waals surface area contributed by atoms with Crippen molar-refractivity contribution in [2.75, 3.05) is 0 Å². The Kier molecular flexibility index (Phi) is 1.39. The van der Waals surface area contributed by atoms with Crippen LogP contribution in [0.15, 0.2) is 4.99 Å². The van der Waals surface area contributed by atoms with E-state index in [-0.39, 0.29) is 10.3 Å². The molecular weight excluding hydrogens is 130 g/mol. The van der Waals surface area contributed by atoms with Crippen molar-refractivity contribution in [3.63, 3.8) is 0 Å². The molecule has 1 rings (SSSR count). The Balaban J connectivity index is 2.84. The molecule has 0 saturated heterocycles. The third-order valence-corrected chi connectivity index (χ3v) is 3.50. The van der Waals surface area contributed by atoms with Gasteiger partial charge in [0.1, 0.15) is 0 Å². The van der Waals surface area contributed by atoms with E-state index in [1.165, 1.54) is 0 Å². The Labute approximate surface area is 60.9 Å². The normalized spacial score (nSPS) is 28.9. The first-order valence-corrected chi connectivity index (χ1v) is 4.05. The van der Waals surface area contributed by atoms with Crippen LogP contribution < -0.4 is 0 Å². The van der Waals surface area contributed by atoms with Gasteiger partial charge in [0.25, 0.3) is 0 Å². The predicted octanol–water partition coefficient (Wildman–Crippen LogP) is 2.32. The highest BCUT2D eigenvalue weighted by molar-refractivity contribution is 8.13. The van der Waals surface area contributed by atoms with Crippen molar-refractivity contribution in [1.29, 1.82) is 0 Å². The smallest absolute Gasteiger partial charge is 0.0702 e. The van der Waals surface area contributed by atoms with E-state index in [1.54, 1.807) is 0 Å². The van der Waals surface area contributed by atoms with E-state index in [0.29, 0.717) is 0 Å². The molecule has 0 fully saturated rings. The summed E-state index contributed by atoms with van der Waals surface area (Å²) in [5.74, 6) is 0. The van der Waals surface area contributed by atoms with E-state index in [9.17, 15) is 0 Å². The van der Waals surface area contributed by atoms with E-state index in [2.05, 4.69) is 32.7 Å². The van der Waals surface area contributed by atoms with Gasteiger partial charge in [-0.25, -0.2) is 0 Å². The minimum atomic E-state index is 0.123. The van der Waals surface area contributed by atoms with Gasteiger partial charge >= 0.3 is 0 Å². The van der Waals surface area contributed by atoms with Crippen LogP contribution in [0.3, 0.4) is 0 Å². The zero-order chi connectivity index (χ0) is 7.12. The largest absolute Gasteiger partial charge is 0.279 e. The second kappa shape index (κ2) is 1.75. The van der Waals surface area contributed by atoms with Crippen molar-refractivity contribution in [2.45, 2.75) is 38.0 Å². The molecule has 0 spiro atoms. The van der Waals surface area contributed by atoms with E-state index in [4.69, 9.17) is 0 Å². The van der Waals surface area contributed by atoms with E-state index >= 15 is 0 Å². The van der Waals surface area contributed by atoms with Gasteiger partial charge in [-0.3, -0.25) is 4.99 Å². The summed E-state index contributed by atoms with van der Waals surface area (Å²) in [5, 5.41) is 0. The second-order valence-corrected chi connectivity index (χ2v) is 4.89. The molecule has 0 atom stereocenters. The first kappa shape index (κ1) is 7.13. The molecule has 1 aliphatic rings. The molecule has 1 nitrogen and oxygen atoms in total. The minimum Gasteiger partial charge on any atom is -0.279 e. The summed E-state index contributed by atoms with van der Waals surface area (Å²) in [6.07, 6.45) is 0. The van der Waals surface area contributed by atoms with Gasteiger partial charge in [0, 0.05) is 4.75 Å². The number of hydrogen-bond donors (Lipinski definition) is 0. The van der Waals surface area contributed by atoms with Gasteiger partial charge in [0.05, 0.1) is 11.1 Å². The molecule has 0 unspecified atom stereocenters. The van der Waals surface area contributed by atoms with Gasteiger partial charge in [0.15, 0.2) is 0 Å². The third kappa shape index (κ3) is 1.00. The Morgan fingerprint density at radius 2 is 1.78 bits per heavy atom. The maximum atomic E-state index is 4.36. The average Bonchev–Trinajstić information content (AvgIpc) is 1.81. The van der Waals surface area contributed by atoms with Crippen LogP contribution in [0.25, 0.3) is 0 Å². The van der Waals surface area contributed by atoms with Crippen molar-refractivity contribution in [3.05, 3.63) is 0 Å². The average molecular weight is 143 g/mol. The highest BCUT2D eigenvalue weighted by Gasteiger charge is 2.40. The Morgan fingerprint density at radius 3 is 1.89 bits per heavy atom. The fraction of sp³-hybridized carbons (Fsp3) is 0.857. The molecule has 0 aromatic heterocycles. The third-order valence-electron chi connectivity index (χ3n) is 2.20. The molecule has 0 aromatic carbocycles. The fourth-order valence-electron chi connectivity index (χ4n) is 0.590. The topological polar surface area (TPSA) is 12.4 Å². The molecule has 1 aliphatic heterocycles. The van der Waals surface area contributed by atoms with Crippen molar-refractivity contribution in [1.82, 2.24) is 0 Å². The molecule has 0 aliphatic carbocycles. The number of rotatable bonds is 0. The highest BCUT2D eigenvalue weighted by atomic mass is 32.2. The summed E-state index contributed by atoms with van der Waals surface area (Å²) in [4.78, 5) is 4.36. The molecule has 9 heavy (non-hydrogen) atoms. The lowest BCUT2D eigenvalue weighted by Crippen LogP contribution is -2.36. The summed E-state index contributed by atoms with van der Waals surface area (Å²) >= 11 is 1.81. The van der Waals surface area contributed by atoms with Crippen molar-refractivity contribution in [2.24, 2.45) is 4.99 Å². The molecule has 1 heterocycles. The molecule has 0 amide bonds. The maximum absolute atomic E-state index is 4.36. The molecule has 0 N–H and O–H groups in total. The first-order valence-electron chi connectivity index (χ1n) is 3.17. The van der Waals surface area contributed by atoms with Gasteiger partial charge in [-0.05, 0) is 27.7 Å². The van der Waals surface area contributed by atoms with Crippen LogP contribution in [0.4, 0.5) is 0 Å². The lowest BCUT2D eigenvalue weighted by Gasteiger charge is -2.30. The summed E-state index contributed by atoms with van der Waals surface area (Å²) in [7, 11) is 0. The Morgan fingerprint density at radius 1 is 1.22 bits per heavy atom. The van der Waals surface area contributed by atoms with Crippen LogP contribution in [-0.4, -0.2) is 15.8 Å². The second-order valence-electron chi connectivity index (χ2n) is 3.42. The SMILES string of the molecule is CC1(C)N=CSC1(C)C. The quantitative estimate of drug-likeness (QED) is 0.507. The first-order chi connectivity index (χ1) is 3.96. The summed E-state index contributed by atoms with van der Waals surface area (Å²) in [6.45, 7) is 8.79. The molecule has 0 saturated carbocycles. The van der Waals surface area contributed by atoms with Crippen molar-refractivity contribution in [3.8, 4) is 0 Å². The number of aliphatic imine (C=N–C) groups is 1. The zero-order valence-corrected chi connectivity index (χ0v) is 7.25. The standard InChI is InChI=1S/C7H13NS/c1-6(2)7(3,4)9-5-8-6/h5H,1-4H3. The fourth-order valence-corrected chi connectivity index (χ4v) is 1.51. The van der Waals surface area contributed by atoms with Crippen molar-refractivity contribution < 1.29 is 0 Å². The van der Waals surface area contributed by atoms with E-state index in [0.717, 1.165) is 0 Å². The van der Waals surface area contributed by atoms with Crippen LogP contribution >= 0.6 is 11.8 Å². The highest BCUT2D eigenvalue weighted by Crippen LogP contribution is 2.41. The minimum absolute atomic E-state index is 0.123. The van der Waals surface area contributed by atoms with Crippen molar-refractivity contribution >= 4 is 17.3 Å². The molecular formula is C7H13NS. The van der Waals surface area contributed by atoms with Crippen LogP contribution in [-0.2, 0) is 0 Å².